The lowest BCUT2D eigenvalue weighted by atomic mass is 10.1. The summed E-state index contributed by atoms with van der Waals surface area (Å²) in [4.78, 5) is 23.1. The lowest BCUT2D eigenvalue weighted by molar-refractivity contribution is 0.0735. The highest BCUT2D eigenvalue weighted by Gasteiger charge is 2.16. The highest BCUT2D eigenvalue weighted by atomic mass is 16.5. The van der Waals surface area contributed by atoms with E-state index in [9.17, 15) is 9.59 Å². The van der Waals surface area contributed by atoms with Crippen LogP contribution in [-0.4, -0.2) is 12.3 Å². The molecule has 0 atom stereocenters. The second kappa shape index (κ2) is 6.10. The highest BCUT2D eigenvalue weighted by molar-refractivity contribution is 5.97. The molecular formula is C18H12O4. The molecule has 108 valence electrons. The van der Waals surface area contributed by atoms with Gasteiger partial charge >= 0.3 is 5.97 Å². The number of furan rings is 1. The minimum Gasteiger partial charge on any atom is -0.453 e. The van der Waals surface area contributed by atoms with Crippen LogP contribution in [0.4, 0.5) is 0 Å². The van der Waals surface area contributed by atoms with E-state index in [0.29, 0.717) is 28.9 Å². The maximum atomic E-state index is 12.4. The number of hydrogen-bond donors (Lipinski definition) is 0. The quantitative estimate of drug-likeness (QED) is 0.414. The number of benzene rings is 2. The second-order valence-corrected chi connectivity index (χ2v) is 4.57. The van der Waals surface area contributed by atoms with Gasteiger partial charge in [0.2, 0.25) is 0 Å². The van der Waals surface area contributed by atoms with Crippen molar-refractivity contribution in [3.63, 3.8) is 0 Å². The molecule has 0 bridgehead atoms. The summed E-state index contributed by atoms with van der Waals surface area (Å²) in [6.45, 7) is 0. The van der Waals surface area contributed by atoms with E-state index in [-0.39, 0.29) is 5.76 Å². The van der Waals surface area contributed by atoms with E-state index >= 15 is 0 Å². The minimum absolute atomic E-state index is 0.209. The molecule has 0 unspecified atom stereocenters. The van der Waals surface area contributed by atoms with E-state index in [0.717, 1.165) is 0 Å². The number of hydrogen-bond acceptors (Lipinski definition) is 4. The van der Waals surface area contributed by atoms with Crippen molar-refractivity contribution < 1.29 is 18.7 Å². The van der Waals surface area contributed by atoms with Gasteiger partial charge in [0, 0.05) is 5.56 Å². The number of carbonyl (C=O) groups is 2. The van der Waals surface area contributed by atoms with Crippen LogP contribution >= 0.6 is 0 Å². The van der Waals surface area contributed by atoms with Crippen LogP contribution in [0.5, 0.6) is 5.75 Å². The first-order valence-electron chi connectivity index (χ1n) is 6.69. The van der Waals surface area contributed by atoms with Gasteiger partial charge in [0.05, 0.1) is 5.56 Å². The van der Waals surface area contributed by atoms with Gasteiger partial charge < -0.3 is 9.15 Å². The summed E-state index contributed by atoms with van der Waals surface area (Å²) in [6.07, 6.45) is 0.619. The maximum Gasteiger partial charge on any atom is 0.344 e. The van der Waals surface area contributed by atoms with Crippen molar-refractivity contribution in [3.05, 3.63) is 78.1 Å². The van der Waals surface area contributed by atoms with Crippen LogP contribution in [0.3, 0.4) is 0 Å². The van der Waals surface area contributed by atoms with Crippen LogP contribution in [0.1, 0.15) is 20.9 Å². The van der Waals surface area contributed by atoms with Gasteiger partial charge in [-0.25, -0.2) is 4.79 Å². The summed E-state index contributed by atoms with van der Waals surface area (Å²) in [5.74, 6) is 0.644. The molecule has 0 aliphatic heterocycles. The van der Waals surface area contributed by atoms with Gasteiger partial charge in [0.1, 0.15) is 11.5 Å². The van der Waals surface area contributed by atoms with Crippen LogP contribution < -0.4 is 4.74 Å². The normalized spacial score (nSPS) is 10.2. The lowest BCUT2D eigenvalue weighted by Crippen LogP contribution is -2.09. The van der Waals surface area contributed by atoms with Gasteiger partial charge in [-0.3, -0.25) is 4.79 Å². The van der Waals surface area contributed by atoms with E-state index in [1.807, 2.05) is 6.07 Å². The number of rotatable bonds is 4. The third kappa shape index (κ3) is 2.81. The molecule has 0 saturated heterocycles. The molecule has 0 spiro atoms. The summed E-state index contributed by atoms with van der Waals surface area (Å²) in [7, 11) is 0. The number of aldehydes is 1. The zero-order chi connectivity index (χ0) is 15.4. The van der Waals surface area contributed by atoms with Crippen LogP contribution in [0, 0.1) is 0 Å². The Morgan fingerprint density at radius 3 is 2.36 bits per heavy atom. The van der Waals surface area contributed by atoms with Crippen molar-refractivity contribution in [2.75, 3.05) is 0 Å². The third-order valence-electron chi connectivity index (χ3n) is 3.11. The molecule has 4 heteroatoms. The molecule has 0 amide bonds. The minimum atomic E-state index is -0.481. The molecule has 2 aromatic carbocycles. The first-order chi connectivity index (χ1) is 10.8. The van der Waals surface area contributed by atoms with Gasteiger partial charge in [-0.15, -0.1) is 0 Å². The molecule has 1 heterocycles. The van der Waals surface area contributed by atoms with Gasteiger partial charge in [-0.1, -0.05) is 36.4 Å². The molecule has 0 aliphatic rings. The fourth-order valence-corrected chi connectivity index (χ4v) is 2.09. The zero-order valence-electron chi connectivity index (χ0n) is 11.6. The lowest BCUT2D eigenvalue weighted by Gasteiger charge is -2.07. The average Bonchev–Trinajstić information content (AvgIpc) is 3.05. The predicted molar refractivity (Wildman–Crippen MR) is 80.9 cm³/mol. The molecule has 4 nitrogen and oxygen atoms in total. The SMILES string of the molecule is O=Cc1ccc(-c2ccccc2C(=O)Oc2ccccc2)o1. The third-order valence-corrected chi connectivity index (χ3v) is 3.11. The average molecular weight is 292 g/mol. The van der Waals surface area contributed by atoms with Crippen molar-refractivity contribution >= 4 is 12.3 Å². The Hall–Kier alpha value is -3.14. The molecule has 0 aliphatic carbocycles. The topological polar surface area (TPSA) is 56.5 Å². The molecule has 0 saturated carbocycles. The van der Waals surface area contributed by atoms with Crippen molar-refractivity contribution in [3.8, 4) is 17.1 Å². The fourth-order valence-electron chi connectivity index (χ4n) is 2.09. The van der Waals surface area contributed by atoms with Crippen LogP contribution in [0.25, 0.3) is 11.3 Å². The number of ether oxygens (including phenoxy) is 1. The number of carbonyl (C=O) groups excluding carboxylic acids is 2. The number of esters is 1. The monoisotopic (exact) mass is 292 g/mol. The summed E-state index contributed by atoms with van der Waals surface area (Å²) in [5, 5.41) is 0. The van der Waals surface area contributed by atoms with E-state index in [1.54, 1.807) is 60.7 Å². The summed E-state index contributed by atoms with van der Waals surface area (Å²) < 4.78 is 10.7. The fraction of sp³-hybridized carbons (Fsp3) is 0. The zero-order valence-corrected chi connectivity index (χ0v) is 11.6. The van der Waals surface area contributed by atoms with Gasteiger partial charge in [-0.2, -0.15) is 0 Å². The maximum absolute atomic E-state index is 12.4. The highest BCUT2D eigenvalue weighted by Crippen LogP contribution is 2.26. The largest absolute Gasteiger partial charge is 0.453 e. The van der Waals surface area contributed by atoms with Crippen LogP contribution in [0.15, 0.2) is 71.1 Å². The molecule has 1 aromatic heterocycles. The predicted octanol–water partition coefficient (Wildman–Crippen LogP) is 3.98. The Labute approximate surface area is 127 Å². The molecule has 0 N–H and O–H groups in total. The van der Waals surface area contributed by atoms with Crippen molar-refractivity contribution in [2.45, 2.75) is 0 Å². The first kappa shape index (κ1) is 13.8. The smallest absolute Gasteiger partial charge is 0.344 e. The second-order valence-electron chi connectivity index (χ2n) is 4.57. The Morgan fingerprint density at radius 2 is 1.64 bits per heavy atom. The summed E-state index contributed by atoms with van der Waals surface area (Å²) >= 11 is 0. The summed E-state index contributed by atoms with van der Waals surface area (Å²) in [5.41, 5.74) is 0.953. The molecule has 0 fully saturated rings. The van der Waals surface area contributed by atoms with Gasteiger partial charge in [0.15, 0.2) is 12.0 Å². The Morgan fingerprint density at radius 1 is 0.909 bits per heavy atom. The number of para-hydroxylation sites is 1. The molecular weight excluding hydrogens is 280 g/mol. The van der Waals surface area contributed by atoms with Crippen molar-refractivity contribution in [2.24, 2.45) is 0 Å². The van der Waals surface area contributed by atoms with Crippen LogP contribution in [0.2, 0.25) is 0 Å². The Bertz CT molecular complexity index is 803. The molecule has 3 rings (SSSR count). The Balaban J connectivity index is 1.94. The first-order valence-corrected chi connectivity index (χ1v) is 6.69. The van der Waals surface area contributed by atoms with E-state index in [1.165, 1.54) is 0 Å². The van der Waals surface area contributed by atoms with Crippen molar-refractivity contribution in [1.29, 1.82) is 0 Å². The summed E-state index contributed by atoms with van der Waals surface area (Å²) in [6, 6.07) is 19.0. The van der Waals surface area contributed by atoms with Crippen LogP contribution in [-0.2, 0) is 0 Å². The van der Waals surface area contributed by atoms with Gasteiger partial charge in [0.25, 0.3) is 0 Å². The van der Waals surface area contributed by atoms with E-state index < -0.39 is 5.97 Å². The van der Waals surface area contributed by atoms with Crippen molar-refractivity contribution in [1.82, 2.24) is 0 Å². The molecule has 3 aromatic rings. The Kier molecular flexibility index (Phi) is 3.83. The van der Waals surface area contributed by atoms with E-state index in [4.69, 9.17) is 9.15 Å². The van der Waals surface area contributed by atoms with E-state index in [2.05, 4.69) is 0 Å². The standard InChI is InChI=1S/C18H12O4/c19-12-14-10-11-17(21-14)15-8-4-5-9-16(15)18(20)22-13-6-2-1-3-7-13/h1-12H. The molecule has 22 heavy (non-hydrogen) atoms. The molecule has 0 radical (unpaired) electrons. The van der Waals surface area contributed by atoms with Gasteiger partial charge in [-0.05, 0) is 30.3 Å².